The molecule has 0 spiro atoms. The summed E-state index contributed by atoms with van der Waals surface area (Å²) in [6, 6.07) is 3.71. The first-order valence-corrected chi connectivity index (χ1v) is 5.13. The van der Waals surface area contributed by atoms with E-state index in [9.17, 15) is 4.79 Å². The Labute approximate surface area is 93.1 Å². The van der Waals surface area contributed by atoms with E-state index in [0.717, 1.165) is 17.7 Å². The number of fused-ring (bicyclic) bond motifs is 1. The fourth-order valence-electron chi connectivity index (χ4n) is 1.67. The molecule has 2 aromatic rings. The Balaban J connectivity index is 2.48. The van der Waals surface area contributed by atoms with Crippen molar-refractivity contribution in [1.29, 1.82) is 0 Å². The average molecular weight is 219 g/mol. The second kappa shape index (κ2) is 4.30. The summed E-state index contributed by atoms with van der Waals surface area (Å²) in [7, 11) is 1.37. The van der Waals surface area contributed by atoms with Crippen LogP contribution in [0.25, 0.3) is 11.2 Å². The number of nitrogens with zero attached hydrogens (tertiary/aromatic N) is 3. The molecular weight excluding hydrogens is 206 g/mol. The Morgan fingerprint density at radius 3 is 3.06 bits per heavy atom. The number of hydrogen-bond donors (Lipinski definition) is 0. The third kappa shape index (κ3) is 1.76. The van der Waals surface area contributed by atoms with Gasteiger partial charge in [0.05, 0.1) is 7.11 Å². The monoisotopic (exact) mass is 219 g/mol. The van der Waals surface area contributed by atoms with E-state index in [1.54, 1.807) is 6.20 Å². The van der Waals surface area contributed by atoms with Gasteiger partial charge in [-0.05, 0) is 19.1 Å². The van der Waals surface area contributed by atoms with Crippen LogP contribution in [0.15, 0.2) is 18.3 Å². The van der Waals surface area contributed by atoms with Gasteiger partial charge in [0.1, 0.15) is 17.8 Å². The molecule has 0 amide bonds. The van der Waals surface area contributed by atoms with E-state index < -0.39 is 0 Å². The van der Waals surface area contributed by atoms with E-state index in [0.29, 0.717) is 5.82 Å². The third-order valence-electron chi connectivity index (χ3n) is 2.43. The predicted molar refractivity (Wildman–Crippen MR) is 58.9 cm³/mol. The van der Waals surface area contributed by atoms with Crippen molar-refractivity contribution in [2.45, 2.75) is 19.9 Å². The summed E-state index contributed by atoms with van der Waals surface area (Å²) in [5.41, 5.74) is 1.62. The SMILES string of the molecule is CCn1c(CC(=O)OC)nc2cccnc21. The van der Waals surface area contributed by atoms with Crippen molar-refractivity contribution < 1.29 is 9.53 Å². The van der Waals surface area contributed by atoms with Crippen LogP contribution in [0.1, 0.15) is 12.7 Å². The molecule has 0 N–H and O–H groups in total. The van der Waals surface area contributed by atoms with Crippen molar-refractivity contribution in [3.05, 3.63) is 24.2 Å². The number of carbonyl (C=O) groups is 1. The number of aromatic nitrogens is 3. The van der Waals surface area contributed by atoms with E-state index in [-0.39, 0.29) is 12.4 Å². The van der Waals surface area contributed by atoms with E-state index in [4.69, 9.17) is 0 Å². The lowest BCUT2D eigenvalue weighted by Crippen LogP contribution is -2.10. The molecule has 5 nitrogen and oxygen atoms in total. The van der Waals surface area contributed by atoms with Crippen molar-refractivity contribution >= 4 is 17.1 Å². The van der Waals surface area contributed by atoms with Crippen molar-refractivity contribution in [3.63, 3.8) is 0 Å². The van der Waals surface area contributed by atoms with Crippen LogP contribution in [0.5, 0.6) is 0 Å². The summed E-state index contributed by atoms with van der Waals surface area (Å²) in [4.78, 5) is 19.9. The first-order chi connectivity index (χ1) is 7.76. The molecule has 0 bridgehead atoms. The highest BCUT2D eigenvalue weighted by Gasteiger charge is 2.13. The molecule has 0 radical (unpaired) electrons. The zero-order valence-corrected chi connectivity index (χ0v) is 9.30. The van der Waals surface area contributed by atoms with Crippen LogP contribution < -0.4 is 0 Å². The van der Waals surface area contributed by atoms with Crippen LogP contribution in [0.3, 0.4) is 0 Å². The first kappa shape index (κ1) is 10.6. The average Bonchev–Trinajstić information content (AvgIpc) is 2.65. The molecule has 0 saturated carbocycles. The molecule has 0 aromatic carbocycles. The van der Waals surface area contributed by atoms with E-state index in [2.05, 4.69) is 14.7 Å². The van der Waals surface area contributed by atoms with Crippen LogP contribution in [-0.4, -0.2) is 27.6 Å². The number of aryl methyl sites for hydroxylation is 1. The number of ether oxygens (including phenoxy) is 1. The number of imidazole rings is 1. The summed E-state index contributed by atoms with van der Waals surface area (Å²) in [5.74, 6) is 0.410. The lowest BCUT2D eigenvalue weighted by atomic mass is 10.4. The maximum absolute atomic E-state index is 11.2. The molecule has 0 unspecified atom stereocenters. The zero-order valence-electron chi connectivity index (χ0n) is 9.30. The molecule has 0 aliphatic rings. The second-order valence-corrected chi connectivity index (χ2v) is 3.37. The number of methoxy groups -OCH3 is 1. The third-order valence-corrected chi connectivity index (χ3v) is 2.43. The minimum Gasteiger partial charge on any atom is -0.469 e. The maximum Gasteiger partial charge on any atom is 0.313 e. The van der Waals surface area contributed by atoms with Gasteiger partial charge in [-0.25, -0.2) is 9.97 Å². The van der Waals surface area contributed by atoms with Gasteiger partial charge < -0.3 is 9.30 Å². The standard InChI is InChI=1S/C11H13N3O2/c1-3-14-9(7-10(15)16-2)13-8-5-4-6-12-11(8)14/h4-6H,3,7H2,1-2H3. The minimum absolute atomic E-state index is 0.181. The van der Waals surface area contributed by atoms with Gasteiger partial charge in [0.25, 0.3) is 0 Å². The number of pyridine rings is 1. The van der Waals surface area contributed by atoms with E-state index in [1.807, 2.05) is 23.6 Å². The molecular formula is C11H13N3O2. The topological polar surface area (TPSA) is 57.0 Å². The van der Waals surface area contributed by atoms with Gasteiger partial charge in [-0.2, -0.15) is 0 Å². The summed E-state index contributed by atoms with van der Waals surface area (Å²) < 4.78 is 6.56. The first-order valence-electron chi connectivity index (χ1n) is 5.13. The largest absolute Gasteiger partial charge is 0.469 e. The molecule has 0 atom stereocenters. The molecule has 2 aromatic heterocycles. The molecule has 0 saturated heterocycles. The van der Waals surface area contributed by atoms with Gasteiger partial charge in [-0.1, -0.05) is 0 Å². The lowest BCUT2D eigenvalue weighted by Gasteiger charge is -2.03. The highest BCUT2D eigenvalue weighted by Crippen LogP contribution is 2.13. The van der Waals surface area contributed by atoms with Gasteiger partial charge in [-0.3, -0.25) is 4.79 Å². The summed E-state index contributed by atoms with van der Waals surface area (Å²) >= 11 is 0. The van der Waals surface area contributed by atoms with Crippen LogP contribution >= 0.6 is 0 Å². The van der Waals surface area contributed by atoms with Crippen molar-refractivity contribution in [1.82, 2.24) is 14.5 Å². The van der Waals surface area contributed by atoms with Crippen molar-refractivity contribution in [3.8, 4) is 0 Å². The van der Waals surface area contributed by atoms with Crippen molar-refractivity contribution in [2.75, 3.05) is 7.11 Å². The number of esters is 1. The summed E-state index contributed by atoms with van der Waals surface area (Å²) in [6.45, 7) is 2.73. The van der Waals surface area contributed by atoms with Crippen LogP contribution in [0.4, 0.5) is 0 Å². The van der Waals surface area contributed by atoms with Crippen LogP contribution in [-0.2, 0) is 22.5 Å². The number of rotatable bonds is 3. The smallest absolute Gasteiger partial charge is 0.313 e. The van der Waals surface area contributed by atoms with Gasteiger partial charge in [0.15, 0.2) is 5.65 Å². The lowest BCUT2D eigenvalue weighted by molar-refractivity contribution is -0.139. The highest BCUT2D eigenvalue weighted by molar-refractivity contribution is 5.75. The van der Waals surface area contributed by atoms with Gasteiger partial charge >= 0.3 is 5.97 Å². The molecule has 5 heteroatoms. The fraction of sp³-hybridized carbons (Fsp3) is 0.364. The number of carbonyl (C=O) groups excluding carboxylic acids is 1. The molecule has 0 aliphatic heterocycles. The van der Waals surface area contributed by atoms with Crippen LogP contribution in [0.2, 0.25) is 0 Å². The Bertz CT molecular complexity index is 519. The summed E-state index contributed by atoms with van der Waals surface area (Å²) in [6.07, 6.45) is 1.90. The van der Waals surface area contributed by atoms with E-state index in [1.165, 1.54) is 7.11 Å². The predicted octanol–water partition coefficient (Wildman–Crippen LogP) is 1.17. The molecule has 16 heavy (non-hydrogen) atoms. The van der Waals surface area contributed by atoms with Gasteiger partial charge in [-0.15, -0.1) is 0 Å². The Kier molecular flexibility index (Phi) is 2.85. The maximum atomic E-state index is 11.2. The second-order valence-electron chi connectivity index (χ2n) is 3.37. The Hall–Kier alpha value is -1.91. The fourth-order valence-corrected chi connectivity index (χ4v) is 1.67. The molecule has 84 valence electrons. The molecule has 2 heterocycles. The Morgan fingerprint density at radius 1 is 1.56 bits per heavy atom. The minimum atomic E-state index is -0.287. The molecule has 0 aliphatic carbocycles. The molecule has 0 fully saturated rings. The quantitative estimate of drug-likeness (QED) is 0.727. The van der Waals surface area contributed by atoms with E-state index >= 15 is 0 Å². The Morgan fingerprint density at radius 2 is 2.38 bits per heavy atom. The van der Waals surface area contributed by atoms with Crippen molar-refractivity contribution in [2.24, 2.45) is 0 Å². The number of hydrogen-bond acceptors (Lipinski definition) is 4. The highest BCUT2D eigenvalue weighted by atomic mass is 16.5. The van der Waals surface area contributed by atoms with Gasteiger partial charge in [0.2, 0.25) is 0 Å². The zero-order chi connectivity index (χ0) is 11.5. The van der Waals surface area contributed by atoms with Gasteiger partial charge in [0, 0.05) is 12.7 Å². The summed E-state index contributed by atoms with van der Waals surface area (Å²) in [5, 5.41) is 0. The molecule has 2 rings (SSSR count). The van der Waals surface area contributed by atoms with Crippen LogP contribution in [0, 0.1) is 0 Å². The normalized spacial score (nSPS) is 10.6.